The summed E-state index contributed by atoms with van der Waals surface area (Å²) >= 11 is 6.37. The predicted molar refractivity (Wildman–Crippen MR) is 103 cm³/mol. The Morgan fingerprint density at radius 1 is 1.08 bits per heavy atom. The molecule has 3 aromatic rings. The van der Waals surface area contributed by atoms with E-state index in [4.69, 9.17) is 21.1 Å². The molecule has 5 heteroatoms. The van der Waals surface area contributed by atoms with E-state index in [9.17, 15) is 5.26 Å². The second-order valence-electron chi connectivity index (χ2n) is 5.49. The number of hydrogen-bond acceptors (Lipinski definition) is 4. The molecule has 0 radical (unpaired) electrons. The van der Waals surface area contributed by atoms with Crippen LogP contribution in [0.5, 0.6) is 11.6 Å². The lowest BCUT2D eigenvalue weighted by Crippen LogP contribution is -2.01. The summed E-state index contributed by atoms with van der Waals surface area (Å²) in [7, 11) is 1.62. The van der Waals surface area contributed by atoms with E-state index >= 15 is 0 Å². The van der Waals surface area contributed by atoms with Gasteiger partial charge in [0.05, 0.1) is 19.4 Å². The van der Waals surface area contributed by atoms with Crippen molar-refractivity contribution in [1.82, 2.24) is 4.98 Å². The lowest BCUT2D eigenvalue weighted by molar-refractivity contribution is 0.326. The predicted octanol–water partition coefficient (Wildman–Crippen LogP) is 5.35. The molecule has 26 heavy (non-hydrogen) atoms. The molecule has 4 nitrogen and oxygen atoms in total. The molecule has 2 aromatic carbocycles. The first kappa shape index (κ1) is 17.8. The van der Waals surface area contributed by atoms with Crippen LogP contribution in [0.1, 0.15) is 12.5 Å². The molecule has 0 atom stereocenters. The Balaban J connectivity index is 2.23. The summed E-state index contributed by atoms with van der Waals surface area (Å²) in [6, 6.07) is 19.1. The van der Waals surface area contributed by atoms with Gasteiger partial charge < -0.3 is 9.47 Å². The average molecular weight is 365 g/mol. The molecule has 0 fully saturated rings. The molecule has 0 aliphatic carbocycles. The van der Waals surface area contributed by atoms with Crippen molar-refractivity contribution >= 4 is 11.6 Å². The molecule has 0 amide bonds. The maximum atomic E-state index is 9.68. The normalized spacial score (nSPS) is 10.2. The standard InChI is InChI=1S/C21H17ClN2O2/c1-3-26-21-18(13-23)17(16-6-4-5-7-19(16)22)12-20(24-21)14-8-10-15(25-2)11-9-14/h4-12H,3H2,1-2H3. The zero-order chi connectivity index (χ0) is 18.5. The summed E-state index contributed by atoms with van der Waals surface area (Å²) in [5, 5.41) is 10.2. The van der Waals surface area contributed by atoms with Crippen LogP contribution in [0.2, 0.25) is 5.02 Å². The third kappa shape index (κ3) is 3.49. The van der Waals surface area contributed by atoms with Crippen LogP contribution < -0.4 is 9.47 Å². The molecule has 3 rings (SSSR count). The summed E-state index contributed by atoms with van der Waals surface area (Å²) in [6.45, 7) is 2.27. The topological polar surface area (TPSA) is 55.1 Å². The minimum atomic E-state index is 0.304. The number of nitriles is 1. The van der Waals surface area contributed by atoms with Crippen molar-refractivity contribution < 1.29 is 9.47 Å². The van der Waals surface area contributed by atoms with E-state index in [1.54, 1.807) is 13.2 Å². The van der Waals surface area contributed by atoms with Gasteiger partial charge in [-0.3, -0.25) is 0 Å². The molecule has 0 aliphatic rings. The molecule has 0 N–H and O–H groups in total. The molecule has 0 aliphatic heterocycles. The Morgan fingerprint density at radius 2 is 1.81 bits per heavy atom. The van der Waals surface area contributed by atoms with Gasteiger partial charge in [-0.15, -0.1) is 0 Å². The molecular formula is C21H17ClN2O2. The molecule has 0 saturated heterocycles. The Kier molecular flexibility index (Phi) is 5.40. The molecular weight excluding hydrogens is 348 g/mol. The van der Waals surface area contributed by atoms with Crippen molar-refractivity contribution in [3.05, 3.63) is 65.2 Å². The molecule has 130 valence electrons. The highest BCUT2D eigenvalue weighted by Gasteiger charge is 2.18. The number of rotatable bonds is 5. The molecule has 1 heterocycles. The van der Waals surface area contributed by atoms with Crippen molar-refractivity contribution in [2.24, 2.45) is 0 Å². The fourth-order valence-electron chi connectivity index (χ4n) is 2.67. The number of methoxy groups -OCH3 is 1. The summed E-state index contributed by atoms with van der Waals surface area (Å²) in [4.78, 5) is 4.55. The lowest BCUT2D eigenvalue weighted by Gasteiger charge is -2.13. The summed E-state index contributed by atoms with van der Waals surface area (Å²) in [6.07, 6.45) is 0. The van der Waals surface area contributed by atoms with E-state index < -0.39 is 0 Å². The monoisotopic (exact) mass is 364 g/mol. The number of aromatic nitrogens is 1. The summed E-state index contributed by atoms with van der Waals surface area (Å²) in [5.74, 6) is 1.07. The lowest BCUT2D eigenvalue weighted by atomic mass is 9.98. The second kappa shape index (κ2) is 7.90. The van der Waals surface area contributed by atoms with Crippen LogP contribution in [0.3, 0.4) is 0 Å². The van der Waals surface area contributed by atoms with E-state index in [2.05, 4.69) is 11.1 Å². The van der Waals surface area contributed by atoms with Crippen molar-refractivity contribution in [3.63, 3.8) is 0 Å². The molecule has 0 spiro atoms. The van der Waals surface area contributed by atoms with Crippen molar-refractivity contribution in [3.8, 4) is 40.1 Å². The first-order valence-electron chi connectivity index (χ1n) is 8.15. The van der Waals surface area contributed by atoms with Crippen molar-refractivity contribution in [1.29, 1.82) is 5.26 Å². The third-order valence-corrected chi connectivity index (χ3v) is 4.26. The van der Waals surface area contributed by atoms with E-state index in [0.29, 0.717) is 34.3 Å². The van der Waals surface area contributed by atoms with Gasteiger partial charge in [0.25, 0.3) is 0 Å². The van der Waals surface area contributed by atoms with Crippen LogP contribution in [-0.4, -0.2) is 18.7 Å². The Hall–Kier alpha value is -3.03. The largest absolute Gasteiger partial charge is 0.497 e. The van der Waals surface area contributed by atoms with Gasteiger partial charge >= 0.3 is 0 Å². The number of benzene rings is 2. The van der Waals surface area contributed by atoms with Crippen molar-refractivity contribution in [2.45, 2.75) is 6.92 Å². The van der Waals surface area contributed by atoms with Gasteiger partial charge in [-0.1, -0.05) is 29.8 Å². The fourth-order valence-corrected chi connectivity index (χ4v) is 2.91. The molecule has 0 unspecified atom stereocenters. The first-order valence-corrected chi connectivity index (χ1v) is 8.53. The van der Waals surface area contributed by atoms with Gasteiger partial charge in [0, 0.05) is 21.7 Å². The minimum absolute atomic E-state index is 0.304. The van der Waals surface area contributed by atoms with Gasteiger partial charge in [0.2, 0.25) is 5.88 Å². The molecule has 0 saturated carbocycles. The number of ether oxygens (including phenoxy) is 2. The van der Waals surface area contributed by atoms with E-state index in [1.807, 2.05) is 55.5 Å². The minimum Gasteiger partial charge on any atom is -0.497 e. The van der Waals surface area contributed by atoms with Crippen LogP contribution in [0.15, 0.2) is 54.6 Å². The Labute approximate surface area is 157 Å². The van der Waals surface area contributed by atoms with E-state index in [1.165, 1.54) is 0 Å². The maximum Gasteiger partial charge on any atom is 0.232 e. The zero-order valence-electron chi connectivity index (χ0n) is 14.5. The highest BCUT2D eigenvalue weighted by atomic mass is 35.5. The van der Waals surface area contributed by atoms with Gasteiger partial charge in [-0.25, -0.2) is 4.98 Å². The summed E-state index contributed by atoms with van der Waals surface area (Å²) in [5.41, 5.74) is 3.43. The van der Waals surface area contributed by atoms with Crippen molar-refractivity contribution in [2.75, 3.05) is 13.7 Å². The second-order valence-corrected chi connectivity index (χ2v) is 5.90. The average Bonchev–Trinajstić information content (AvgIpc) is 2.68. The number of halogens is 1. The van der Waals surface area contributed by atoms with Crippen LogP contribution in [-0.2, 0) is 0 Å². The van der Waals surface area contributed by atoms with Crippen LogP contribution in [0.25, 0.3) is 22.4 Å². The number of hydrogen-bond donors (Lipinski definition) is 0. The smallest absolute Gasteiger partial charge is 0.232 e. The highest BCUT2D eigenvalue weighted by Crippen LogP contribution is 2.36. The van der Waals surface area contributed by atoms with Gasteiger partial charge in [0.15, 0.2) is 0 Å². The fraction of sp³-hybridized carbons (Fsp3) is 0.143. The van der Waals surface area contributed by atoms with E-state index in [0.717, 1.165) is 16.9 Å². The molecule has 1 aromatic heterocycles. The van der Waals surface area contributed by atoms with Gasteiger partial charge in [-0.2, -0.15) is 5.26 Å². The quantitative estimate of drug-likeness (QED) is 0.612. The number of pyridine rings is 1. The number of nitrogens with zero attached hydrogens (tertiary/aromatic N) is 2. The first-order chi connectivity index (χ1) is 12.7. The van der Waals surface area contributed by atoms with Crippen LogP contribution in [0.4, 0.5) is 0 Å². The van der Waals surface area contributed by atoms with Crippen LogP contribution >= 0.6 is 11.6 Å². The van der Waals surface area contributed by atoms with E-state index in [-0.39, 0.29) is 0 Å². The maximum absolute atomic E-state index is 9.68. The Morgan fingerprint density at radius 3 is 2.42 bits per heavy atom. The molecule has 0 bridgehead atoms. The SMILES string of the molecule is CCOc1nc(-c2ccc(OC)cc2)cc(-c2ccccc2Cl)c1C#N. The van der Waals surface area contributed by atoms with Gasteiger partial charge in [0.1, 0.15) is 17.4 Å². The third-order valence-electron chi connectivity index (χ3n) is 3.93. The Bertz CT molecular complexity index is 963. The highest BCUT2D eigenvalue weighted by molar-refractivity contribution is 6.33. The zero-order valence-corrected chi connectivity index (χ0v) is 15.2. The van der Waals surface area contributed by atoms with Crippen LogP contribution in [0, 0.1) is 11.3 Å². The van der Waals surface area contributed by atoms with Gasteiger partial charge in [-0.05, 0) is 43.3 Å². The summed E-state index contributed by atoms with van der Waals surface area (Å²) < 4.78 is 10.8.